The van der Waals surface area contributed by atoms with Crippen LogP contribution in [0.15, 0.2) is 36.4 Å². The third-order valence-corrected chi connectivity index (χ3v) is 6.75. The number of nitrogens with one attached hydrogen (secondary N) is 1. The van der Waals surface area contributed by atoms with Crippen LogP contribution in [-0.4, -0.2) is 17.7 Å². The van der Waals surface area contributed by atoms with Gasteiger partial charge in [0.25, 0.3) is 0 Å². The van der Waals surface area contributed by atoms with Crippen LogP contribution in [0, 0.1) is 12.8 Å². The highest BCUT2D eigenvalue weighted by Crippen LogP contribution is 2.56. The number of H-pyrrole nitrogens is 1. The lowest BCUT2D eigenvalue weighted by Gasteiger charge is -2.48. The topological polar surface area (TPSA) is 34.2 Å². The van der Waals surface area contributed by atoms with E-state index in [4.69, 9.17) is 9.47 Å². The number of aromatic amines is 1. The summed E-state index contributed by atoms with van der Waals surface area (Å²) in [5.74, 6) is 2.95. The number of ether oxygens (including phenoxy) is 2. The number of allylic oxidation sites excluding steroid dienone is 1. The molecule has 2 aliphatic rings. The summed E-state index contributed by atoms with van der Waals surface area (Å²) in [6.45, 7) is 11.0. The Balaban J connectivity index is 1.83. The lowest BCUT2D eigenvalue weighted by molar-refractivity contribution is 0.00731. The molecule has 3 heteroatoms. The van der Waals surface area contributed by atoms with E-state index in [1.54, 1.807) is 7.11 Å². The number of methoxy groups -OCH3 is 1. The highest BCUT2D eigenvalue weighted by atomic mass is 16.5. The van der Waals surface area contributed by atoms with Gasteiger partial charge in [-0.05, 0) is 75.6 Å². The number of fused-ring (bicyclic) bond motifs is 8. The molecular weight excluding hydrogens is 334 g/mol. The van der Waals surface area contributed by atoms with Gasteiger partial charge in [0.2, 0.25) is 0 Å². The average molecular weight is 361 g/mol. The van der Waals surface area contributed by atoms with Crippen molar-refractivity contribution in [1.82, 2.24) is 4.98 Å². The highest BCUT2D eigenvalue weighted by molar-refractivity contribution is 6.09. The van der Waals surface area contributed by atoms with Crippen LogP contribution in [-0.2, 0) is 0 Å². The van der Waals surface area contributed by atoms with Gasteiger partial charge in [-0.2, -0.15) is 0 Å². The predicted molar refractivity (Wildman–Crippen MR) is 111 cm³/mol. The number of hydrogen-bond donors (Lipinski definition) is 1. The molecule has 27 heavy (non-hydrogen) atoms. The van der Waals surface area contributed by atoms with Crippen molar-refractivity contribution in [3.8, 4) is 11.5 Å². The zero-order valence-corrected chi connectivity index (χ0v) is 16.6. The lowest BCUT2D eigenvalue weighted by Crippen LogP contribution is -2.44. The molecular formula is C24H27NO2. The summed E-state index contributed by atoms with van der Waals surface area (Å²) in [6, 6.07) is 8.56. The molecule has 2 aromatic carbocycles. The zero-order valence-electron chi connectivity index (χ0n) is 16.6. The van der Waals surface area contributed by atoms with E-state index in [9.17, 15) is 0 Å². The van der Waals surface area contributed by atoms with Crippen molar-refractivity contribution in [2.75, 3.05) is 7.11 Å². The van der Waals surface area contributed by atoms with Gasteiger partial charge in [0, 0.05) is 22.4 Å². The summed E-state index contributed by atoms with van der Waals surface area (Å²) in [4.78, 5) is 3.69. The van der Waals surface area contributed by atoms with Gasteiger partial charge < -0.3 is 14.5 Å². The second-order valence-corrected chi connectivity index (χ2v) is 8.75. The maximum Gasteiger partial charge on any atom is 0.128 e. The summed E-state index contributed by atoms with van der Waals surface area (Å²) < 4.78 is 12.0. The van der Waals surface area contributed by atoms with E-state index in [-0.39, 0.29) is 5.60 Å². The van der Waals surface area contributed by atoms with E-state index >= 15 is 0 Å². The van der Waals surface area contributed by atoms with Crippen LogP contribution in [0.2, 0.25) is 0 Å². The molecule has 1 aromatic heterocycles. The fourth-order valence-corrected chi connectivity index (χ4v) is 5.39. The second-order valence-electron chi connectivity index (χ2n) is 8.75. The van der Waals surface area contributed by atoms with Gasteiger partial charge in [-0.15, -0.1) is 0 Å². The molecule has 3 unspecified atom stereocenters. The first-order chi connectivity index (χ1) is 12.9. The van der Waals surface area contributed by atoms with Crippen LogP contribution in [0.1, 0.15) is 50.2 Å². The maximum atomic E-state index is 6.62. The Labute approximate surface area is 160 Å². The molecule has 1 saturated carbocycles. The van der Waals surface area contributed by atoms with Crippen LogP contribution in [0.25, 0.3) is 21.8 Å². The Hall–Kier alpha value is -2.42. The van der Waals surface area contributed by atoms with Crippen molar-refractivity contribution < 1.29 is 9.47 Å². The van der Waals surface area contributed by atoms with Crippen LogP contribution in [0.3, 0.4) is 0 Å². The molecule has 1 aliphatic carbocycles. The molecule has 5 rings (SSSR count). The zero-order chi connectivity index (χ0) is 18.9. The number of aryl methyl sites for hydroxylation is 1. The Morgan fingerprint density at radius 3 is 2.85 bits per heavy atom. The molecule has 140 valence electrons. The van der Waals surface area contributed by atoms with Gasteiger partial charge in [-0.1, -0.05) is 12.2 Å². The maximum absolute atomic E-state index is 6.62. The van der Waals surface area contributed by atoms with Crippen LogP contribution < -0.4 is 9.47 Å². The van der Waals surface area contributed by atoms with E-state index in [1.165, 1.54) is 33.0 Å². The number of rotatable bonds is 2. The number of aromatic nitrogens is 1. The molecule has 1 N–H and O–H groups in total. The third kappa shape index (κ3) is 2.33. The lowest BCUT2D eigenvalue weighted by atomic mass is 9.65. The minimum absolute atomic E-state index is 0.0582. The van der Waals surface area contributed by atoms with Crippen molar-refractivity contribution in [3.63, 3.8) is 0 Å². The Kier molecular flexibility index (Phi) is 3.43. The molecule has 3 nitrogen and oxygen atoms in total. The van der Waals surface area contributed by atoms with Crippen LogP contribution in [0.4, 0.5) is 0 Å². The van der Waals surface area contributed by atoms with Crippen molar-refractivity contribution in [2.45, 2.75) is 51.6 Å². The first-order valence-corrected chi connectivity index (χ1v) is 9.87. The van der Waals surface area contributed by atoms with Crippen molar-refractivity contribution in [1.29, 1.82) is 0 Å². The van der Waals surface area contributed by atoms with Gasteiger partial charge >= 0.3 is 0 Å². The SMILES string of the molecule is C=C(C)C1CCC2(C)CC1c1c(c(C)cc3c1[nH]c1cc(OC)ccc13)O2. The minimum Gasteiger partial charge on any atom is -0.497 e. The summed E-state index contributed by atoms with van der Waals surface area (Å²) in [6.07, 6.45) is 3.32. The predicted octanol–water partition coefficient (Wildman–Crippen LogP) is 6.25. The van der Waals surface area contributed by atoms with E-state index < -0.39 is 0 Å². The van der Waals surface area contributed by atoms with Crippen LogP contribution >= 0.6 is 0 Å². The monoisotopic (exact) mass is 361 g/mol. The smallest absolute Gasteiger partial charge is 0.128 e. The largest absolute Gasteiger partial charge is 0.497 e. The Morgan fingerprint density at radius 1 is 1.30 bits per heavy atom. The fraction of sp³-hybridized carbons (Fsp3) is 0.417. The van der Waals surface area contributed by atoms with Crippen molar-refractivity contribution in [2.24, 2.45) is 5.92 Å². The fourth-order valence-electron chi connectivity index (χ4n) is 5.39. The van der Waals surface area contributed by atoms with Gasteiger partial charge in [0.15, 0.2) is 0 Å². The summed E-state index contributed by atoms with van der Waals surface area (Å²) in [7, 11) is 1.71. The minimum atomic E-state index is -0.0582. The van der Waals surface area contributed by atoms with Crippen molar-refractivity contribution >= 4 is 21.8 Å². The molecule has 0 saturated heterocycles. The van der Waals surface area contributed by atoms with E-state index in [1.807, 2.05) is 6.07 Å². The molecule has 3 atom stereocenters. The molecule has 0 spiro atoms. The van der Waals surface area contributed by atoms with Crippen molar-refractivity contribution in [3.05, 3.63) is 47.5 Å². The second kappa shape index (κ2) is 5.54. The van der Waals surface area contributed by atoms with E-state index in [0.717, 1.165) is 36.3 Å². The Morgan fingerprint density at radius 2 is 2.11 bits per heavy atom. The average Bonchev–Trinajstić information content (AvgIpc) is 2.98. The van der Waals surface area contributed by atoms with Crippen LogP contribution in [0.5, 0.6) is 11.5 Å². The molecule has 3 aromatic rings. The number of hydrogen-bond acceptors (Lipinski definition) is 2. The molecule has 1 aliphatic heterocycles. The number of benzene rings is 2. The van der Waals surface area contributed by atoms with Gasteiger partial charge in [-0.25, -0.2) is 0 Å². The Bertz CT molecular complexity index is 1090. The van der Waals surface area contributed by atoms with Gasteiger partial charge in [-0.3, -0.25) is 0 Å². The van der Waals surface area contributed by atoms with E-state index in [0.29, 0.717) is 11.8 Å². The molecule has 0 amide bonds. The van der Waals surface area contributed by atoms with Gasteiger partial charge in [0.05, 0.1) is 18.1 Å². The van der Waals surface area contributed by atoms with E-state index in [2.05, 4.69) is 50.5 Å². The summed E-state index contributed by atoms with van der Waals surface area (Å²) in [5, 5.41) is 2.52. The quantitative estimate of drug-likeness (QED) is 0.548. The molecule has 2 heterocycles. The molecule has 0 radical (unpaired) electrons. The standard InChI is InChI=1S/C24H27NO2/c1-13(2)16-8-9-24(4)12-19(16)21-22-18(10-14(3)23(21)27-24)17-7-6-15(26-5)11-20(17)25-22/h6-7,10-11,16,19,25H,1,8-9,12H2,2-5H3. The highest BCUT2D eigenvalue weighted by Gasteiger charge is 2.46. The normalized spacial score (nSPS) is 26.7. The summed E-state index contributed by atoms with van der Waals surface area (Å²) >= 11 is 0. The molecule has 2 bridgehead atoms. The summed E-state index contributed by atoms with van der Waals surface area (Å²) in [5.41, 5.74) is 6.16. The third-order valence-electron chi connectivity index (χ3n) is 6.75. The first kappa shape index (κ1) is 16.7. The van der Waals surface area contributed by atoms with Gasteiger partial charge in [0.1, 0.15) is 17.1 Å². The molecule has 1 fully saturated rings. The first-order valence-electron chi connectivity index (χ1n) is 9.87.